The minimum absolute atomic E-state index is 0.0316. The second kappa shape index (κ2) is 16.0. The number of nitrogens with zero attached hydrogens (tertiary/aromatic N) is 5. The van der Waals surface area contributed by atoms with E-state index < -0.39 is 51.8 Å². The first-order valence-electron chi connectivity index (χ1n) is 14.4. The first-order valence-corrected chi connectivity index (χ1v) is 16.2. The van der Waals surface area contributed by atoms with Crippen molar-refractivity contribution in [2.24, 2.45) is 0 Å². The molecule has 0 spiro atoms. The number of benzene rings is 3. The Bertz CT molecular complexity index is 1940. The van der Waals surface area contributed by atoms with Crippen LogP contribution in [0.15, 0.2) is 65.8 Å². The quantitative estimate of drug-likeness (QED) is 0.134. The van der Waals surface area contributed by atoms with Gasteiger partial charge in [-0.1, -0.05) is 11.6 Å². The van der Waals surface area contributed by atoms with Crippen molar-refractivity contribution in [1.29, 1.82) is 0 Å². The zero-order valence-corrected chi connectivity index (χ0v) is 28.5. The molecule has 0 bridgehead atoms. The van der Waals surface area contributed by atoms with Gasteiger partial charge < -0.3 is 34.4 Å². The minimum Gasteiger partial charge on any atom is -0.497 e. The standard InChI is InChI=1S/C31H31ClF4N6O7S/c1-40(9-10-41(2)31(43)44)26-11-21(49-29(35)36)7-8-24(26)39-25-14-23(34)28(13-22(25)32)50(45,46)42(30-37-15-19(33)16-38-30)17-18-5-6-20(47-3)12-27(18)48-4/h5-8,11-16,29,39H,9-10,17H2,1-4H3,(H,43,44). The summed E-state index contributed by atoms with van der Waals surface area (Å²) in [6.07, 6.45) is 0.313. The number of sulfonamides is 1. The lowest BCUT2D eigenvalue weighted by molar-refractivity contribution is -0.0498. The van der Waals surface area contributed by atoms with Crippen LogP contribution in [0.4, 0.5) is 45.4 Å². The maximum Gasteiger partial charge on any atom is 0.407 e. The molecular formula is C31H31ClF4N6O7S. The van der Waals surface area contributed by atoms with Crippen molar-refractivity contribution in [3.8, 4) is 17.2 Å². The Morgan fingerprint density at radius 1 is 0.960 bits per heavy atom. The molecule has 50 heavy (non-hydrogen) atoms. The minimum atomic E-state index is -4.85. The highest BCUT2D eigenvalue weighted by Crippen LogP contribution is 2.38. The van der Waals surface area contributed by atoms with Crippen molar-refractivity contribution in [3.63, 3.8) is 0 Å². The molecule has 1 heterocycles. The van der Waals surface area contributed by atoms with Crippen LogP contribution in [0, 0.1) is 11.6 Å². The molecule has 0 aliphatic heterocycles. The van der Waals surface area contributed by atoms with E-state index in [4.69, 9.17) is 21.1 Å². The number of nitrogens with one attached hydrogen (secondary N) is 1. The normalized spacial score (nSPS) is 11.2. The summed E-state index contributed by atoms with van der Waals surface area (Å²) in [7, 11) is 0.846. The number of anilines is 4. The molecule has 2 N–H and O–H groups in total. The number of hydrogen-bond donors (Lipinski definition) is 2. The number of aromatic nitrogens is 2. The molecule has 0 saturated carbocycles. The molecule has 0 radical (unpaired) electrons. The van der Waals surface area contributed by atoms with E-state index in [9.17, 15) is 31.5 Å². The van der Waals surface area contributed by atoms with Crippen molar-refractivity contribution < 1.29 is 50.1 Å². The number of amides is 1. The molecule has 0 unspecified atom stereocenters. The molecule has 0 aliphatic carbocycles. The highest BCUT2D eigenvalue weighted by atomic mass is 35.5. The van der Waals surface area contributed by atoms with Gasteiger partial charge in [0.1, 0.15) is 28.0 Å². The number of rotatable bonds is 15. The predicted molar refractivity (Wildman–Crippen MR) is 177 cm³/mol. The molecule has 268 valence electrons. The van der Waals surface area contributed by atoms with Crippen molar-refractivity contribution in [2.45, 2.75) is 18.1 Å². The van der Waals surface area contributed by atoms with E-state index in [-0.39, 0.29) is 46.7 Å². The van der Waals surface area contributed by atoms with Crippen LogP contribution in [0.3, 0.4) is 0 Å². The van der Waals surface area contributed by atoms with E-state index in [2.05, 4.69) is 20.0 Å². The molecule has 19 heteroatoms. The van der Waals surface area contributed by atoms with E-state index in [1.165, 1.54) is 56.5 Å². The highest BCUT2D eigenvalue weighted by molar-refractivity contribution is 7.92. The molecule has 0 saturated heterocycles. The molecule has 4 aromatic rings. The first kappa shape index (κ1) is 37.6. The molecule has 0 fully saturated rings. The Labute approximate surface area is 289 Å². The number of carbonyl (C=O) groups is 1. The molecule has 0 atom stereocenters. The number of methoxy groups -OCH3 is 2. The van der Waals surface area contributed by atoms with Crippen molar-refractivity contribution in [2.75, 3.05) is 55.9 Å². The highest BCUT2D eigenvalue weighted by Gasteiger charge is 2.32. The van der Waals surface area contributed by atoms with Crippen LogP contribution in [-0.4, -0.2) is 82.5 Å². The maximum atomic E-state index is 15.9. The van der Waals surface area contributed by atoms with Gasteiger partial charge in [-0.3, -0.25) is 0 Å². The average molecular weight is 743 g/mol. The van der Waals surface area contributed by atoms with Gasteiger partial charge in [0.2, 0.25) is 5.95 Å². The second-order valence-corrected chi connectivity index (χ2v) is 12.7. The summed E-state index contributed by atoms with van der Waals surface area (Å²) in [6.45, 7) is -3.47. The van der Waals surface area contributed by atoms with Crippen LogP contribution in [0.5, 0.6) is 17.2 Å². The van der Waals surface area contributed by atoms with Gasteiger partial charge in [-0.25, -0.2) is 36.3 Å². The summed E-state index contributed by atoms with van der Waals surface area (Å²) >= 11 is 6.50. The number of halogens is 5. The van der Waals surface area contributed by atoms with Crippen molar-refractivity contribution in [1.82, 2.24) is 14.9 Å². The van der Waals surface area contributed by atoms with E-state index in [0.29, 0.717) is 15.6 Å². The van der Waals surface area contributed by atoms with E-state index in [0.717, 1.165) is 29.4 Å². The molecule has 4 rings (SSSR count). The Balaban J connectivity index is 1.73. The van der Waals surface area contributed by atoms with Crippen LogP contribution in [-0.2, 0) is 16.6 Å². The van der Waals surface area contributed by atoms with Gasteiger partial charge in [0.15, 0.2) is 5.82 Å². The summed E-state index contributed by atoms with van der Waals surface area (Å²) in [5.41, 5.74) is 0.643. The molecular weight excluding hydrogens is 712 g/mol. The topological polar surface area (TPSA) is 147 Å². The molecule has 3 aromatic carbocycles. The van der Waals surface area contributed by atoms with Crippen LogP contribution < -0.4 is 28.7 Å². The van der Waals surface area contributed by atoms with Crippen LogP contribution in [0.25, 0.3) is 0 Å². The fraction of sp³-hybridized carbons (Fsp3) is 0.258. The molecule has 1 amide bonds. The SMILES string of the molecule is COc1ccc(CN(c2ncc(F)cn2)S(=O)(=O)c2cc(Cl)c(Nc3ccc(OC(F)F)cc3N(C)CCN(C)C(=O)O)cc2F)c(OC)c1. The average Bonchev–Trinajstić information content (AvgIpc) is 3.07. The van der Waals surface area contributed by atoms with Gasteiger partial charge in [0.25, 0.3) is 10.0 Å². The number of ether oxygens (including phenoxy) is 3. The number of carboxylic acid groups (broad SMARTS) is 1. The lowest BCUT2D eigenvalue weighted by atomic mass is 10.2. The Hall–Kier alpha value is -5.23. The van der Waals surface area contributed by atoms with Crippen molar-refractivity contribution >= 4 is 50.7 Å². The summed E-state index contributed by atoms with van der Waals surface area (Å²) in [5, 5.41) is 11.8. The van der Waals surface area contributed by atoms with Gasteiger partial charge in [0, 0.05) is 50.9 Å². The number of alkyl halides is 2. The lowest BCUT2D eigenvalue weighted by Gasteiger charge is -2.26. The van der Waals surface area contributed by atoms with Crippen molar-refractivity contribution in [3.05, 3.63) is 83.1 Å². The summed E-state index contributed by atoms with van der Waals surface area (Å²) in [5.74, 6) is -2.14. The zero-order chi connectivity index (χ0) is 36.7. The predicted octanol–water partition coefficient (Wildman–Crippen LogP) is 6.21. The van der Waals surface area contributed by atoms with Gasteiger partial charge in [-0.05, 0) is 30.3 Å². The van der Waals surface area contributed by atoms with Gasteiger partial charge in [-0.2, -0.15) is 8.78 Å². The number of hydrogen-bond acceptors (Lipinski definition) is 10. The third-order valence-electron chi connectivity index (χ3n) is 7.20. The zero-order valence-electron chi connectivity index (χ0n) is 26.9. The van der Waals surface area contributed by atoms with Gasteiger partial charge in [-0.15, -0.1) is 0 Å². The molecule has 13 nitrogen and oxygen atoms in total. The van der Waals surface area contributed by atoms with Gasteiger partial charge in [0.05, 0.1) is 55.2 Å². The monoisotopic (exact) mass is 742 g/mol. The fourth-order valence-corrected chi connectivity index (χ4v) is 6.25. The summed E-state index contributed by atoms with van der Waals surface area (Å²) in [4.78, 5) is 20.5. The van der Waals surface area contributed by atoms with E-state index in [1.807, 2.05) is 0 Å². The van der Waals surface area contributed by atoms with Crippen LogP contribution in [0.2, 0.25) is 5.02 Å². The van der Waals surface area contributed by atoms with Gasteiger partial charge >= 0.3 is 12.7 Å². The maximum absolute atomic E-state index is 15.9. The second-order valence-electron chi connectivity index (χ2n) is 10.5. The Morgan fingerprint density at radius 3 is 2.26 bits per heavy atom. The first-order chi connectivity index (χ1) is 23.6. The summed E-state index contributed by atoms with van der Waals surface area (Å²) < 4.78 is 99.4. The smallest absolute Gasteiger partial charge is 0.407 e. The number of likely N-dealkylation sites (N-methyl/N-ethyl adjacent to an activating group) is 2. The third-order valence-corrected chi connectivity index (χ3v) is 9.25. The van der Waals surface area contributed by atoms with Crippen LogP contribution in [0.1, 0.15) is 5.56 Å². The Kier molecular flexibility index (Phi) is 12.0. The fourth-order valence-electron chi connectivity index (χ4n) is 4.55. The third kappa shape index (κ3) is 8.86. The molecule has 1 aromatic heterocycles. The van der Waals surface area contributed by atoms with E-state index >= 15 is 4.39 Å². The Morgan fingerprint density at radius 2 is 1.64 bits per heavy atom. The van der Waals surface area contributed by atoms with Crippen LogP contribution >= 0.6 is 11.6 Å². The summed E-state index contributed by atoms with van der Waals surface area (Å²) in [6, 6.07) is 10.1. The van der Waals surface area contributed by atoms with E-state index in [1.54, 1.807) is 13.1 Å². The lowest BCUT2D eigenvalue weighted by Crippen LogP contribution is -2.34. The molecule has 0 aliphatic rings. The largest absolute Gasteiger partial charge is 0.497 e.